The first-order chi connectivity index (χ1) is 15.2. The van der Waals surface area contributed by atoms with Crippen molar-refractivity contribution < 1.29 is 30.7 Å². The molecular formula is C28H18IO2+. The van der Waals surface area contributed by atoms with Crippen LogP contribution in [0.2, 0.25) is 0 Å². The molecule has 148 valence electrons. The smallest absolute Gasteiger partial charge is 0.357 e. The number of halogens is 1. The van der Waals surface area contributed by atoms with Crippen LogP contribution in [-0.2, 0) is 0 Å². The summed E-state index contributed by atoms with van der Waals surface area (Å²) < 4.78 is 14.8. The predicted molar refractivity (Wildman–Crippen MR) is 120 cm³/mol. The maximum atomic E-state index is 6.10. The number of hydrogen-bond donors (Lipinski definition) is 0. The summed E-state index contributed by atoms with van der Waals surface area (Å²) in [7, 11) is 0. The third-order valence-corrected chi connectivity index (χ3v) is 8.20. The highest BCUT2D eigenvalue weighted by molar-refractivity contribution is 5.87. The number of fused-ring (bicyclic) bond motifs is 4. The summed E-state index contributed by atoms with van der Waals surface area (Å²) in [6, 6.07) is 29.1. The van der Waals surface area contributed by atoms with E-state index in [2.05, 4.69) is 61.7 Å². The van der Waals surface area contributed by atoms with E-state index in [1.54, 1.807) is 0 Å². The van der Waals surface area contributed by atoms with Crippen LogP contribution in [0.5, 0.6) is 23.0 Å². The van der Waals surface area contributed by atoms with E-state index < -0.39 is 0 Å². The highest BCUT2D eigenvalue weighted by Crippen LogP contribution is 2.43. The zero-order chi connectivity index (χ0) is 20.9. The van der Waals surface area contributed by atoms with E-state index in [1.807, 2.05) is 36.4 Å². The van der Waals surface area contributed by atoms with Crippen molar-refractivity contribution in [1.82, 2.24) is 0 Å². The lowest BCUT2D eigenvalue weighted by molar-refractivity contribution is -0.597. The Morgan fingerprint density at radius 2 is 0.903 bits per heavy atom. The standard InChI is InChI=1S/C28H18IO2/c1-17-21-7-3-5-9-25(21)30-27-13-11-19(15-23(17)27)29-20-12-14-28-24(16-20)18(2)22-8-4-6-10-26(22)31-28/h3-16H,1-2H2/q+1. The third kappa shape index (κ3) is 3.08. The second kappa shape index (κ2) is 7.13. The number of benzene rings is 4. The van der Waals surface area contributed by atoms with Crippen LogP contribution >= 0.6 is 0 Å². The summed E-state index contributed by atoms with van der Waals surface area (Å²) in [5.74, 6) is 3.49. The normalized spacial score (nSPS) is 13.3. The first kappa shape index (κ1) is 18.5. The molecule has 0 N–H and O–H groups in total. The van der Waals surface area contributed by atoms with Crippen molar-refractivity contribution in [2.45, 2.75) is 0 Å². The van der Waals surface area contributed by atoms with Crippen molar-refractivity contribution in [1.29, 1.82) is 0 Å². The minimum Gasteiger partial charge on any atom is -0.456 e. The van der Waals surface area contributed by atoms with E-state index in [-0.39, 0.29) is 21.2 Å². The molecule has 0 unspecified atom stereocenters. The quantitative estimate of drug-likeness (QED) is 0.324. The van der Waals surface area contributed by atoms with Crippen LogP contribution in [0.1, 0.15) is 22.3 Å². The fourth-order valence-corrected chi connectivity index (χ4v) is 6.41. The van der Waals surface area contributed by atoms with E-state index in [0.29, 0.717) is 0 Å². The molecule has 0 bridgehead atoms. The molecular weight excluding hydrogens is 495 g/mol. The number of ether oxygens (including phenoxy) is 2. The summed E-state index contributed by atoms with van der Waals surface area (Å²) in [6.07, 6.45) is 0. The first-order valence-corrected chi connectivity index (χ1v) is 12.2. The van der Waals surface area contributed by atoms with Crippen LogP contribution < -0.4 is 30.7 Å². The van der Waals surface area contributed by atoms with Gasteiger partial charge in [-0.15, -0.1) is 0 Å². The summed E-state index contributed by atoms with van der Waals surface area (Å²) in [5, 5.41) is 0. The van der Waals surface area contributed by atoms with Gasteiger partial charge in [-0.2, -0.15) is 0 Å². The van der Waals surface area contributed by atoms with Crippen LogP contribution in [-0.4, -0.2) is 0 Å². The molecule has 0 spiro atoms. The molecule has 6 rings (SSSR count). The second-order valence-corrected chi connectivity index (χ2v) is 10.6. The first-order valence-electron chi connectivity index (χ1n) is 10.0. The molecule has 0 radical (unpaired) electrons. The number of hydrogen-bond acceptors (Lipinski definition) is 2. The van der Waals surface area contributed by atoms with Gasteiger partial charge in [0.1, 0.15) is 23.0 Å². The molecule has 0 aromatic heterocycles. The van der Waals surface area contributed by atoms with Crippen molar-refractivity contribution in [2.24, 2.45) is 0 Å². The third-order valence-electron chi connectivity index (χ3n) is 5.62. The maximum Gasteiger partial charge on any atom is 0.357 e. The molecule has 0 fully saturated rings. The largest absolute Gasteiger partial charge is 0.456 e. The molecule has 31 heavy (non-hydrogen) atoms. The SMILES string of the molecule is C=C1c2ccccc2Oc2ccc([I+]c3ccc4c(c3)C(=C)c3ccccc3O4)cc21. The van der Waals surface area contributed by atoms with E-state index in [0.717, 1.165) is 56.4 Å². The molecule has 2 aliphatic rings. The average Bonchev–Trinajstić information content (AvgIpc) is 2.80. The number of rotatable bonds is 2. The van der Waals surface area contributed by atoms with Crippen molar-refractivity contribution >= 4 is 11.1 Å². The van der Waals surface area contributed by atoms with Crippen molar-refractivity contribution in [2.75, 3.05) is 0 Å². The zero-order valence-electron chi connectivity index (χ0n) is 16.7. The molecule has 2 heterocycles. The van der Waals surface area contributed by atoms with E-state index in [9.17, 15) is 0 Å². The Morgan fingerprint density at radius 1 is 0.484 bits per heavy atom. The van der Waals surface area contributed by atoms with Gasteiger partial charge in [-0.1, -0.05) is 49.6 Å². The Bertz CT molecular complexity index is 1290. The Kier molecular flexibility index (Phi) is 4.25. The molecule has 4 aromatic rings. The average molecular weight is 513 g/mol. The highest BCUT2D eigenvalue weighted by Gasteiger charge is 2.27. The van der Waals surface area contributed by atoms with Gasteiger partial charge in [-0.05, 0) is 47.5 Å². The summed E-state index contributed by atoms with van der Waals surface area (Å²) in [6.45, 7) is 8.68. The number of para-hydroxylation sites is 2. The van der Waals surface area contributed by atoms with Crippen LogP contribution in [0.15, 0.2) is 98.1 Å². The molecule has 3 heteroatoms. The van der Waals surface area contributed by atoms with Gasteiger partial charge in [0.15, 0.2) is 7.14 Å². The van der Waals surface area contributed by atoms with Gasteiger partial charge in [-0.3, -0.25) is 0 Å². The highest BCUT2D eigenvalue weighted by atomic mass is 127. The van der Waals surface area contributed by atoms with Gasteiger partial charge in [0.05, 0.1) is 0 Å². The molecule has 0 amide bonds. The Balaban J connectivity index is 1.32. The van der Waals surface area contributed by atoms with Crippen LogP contribution in [0.4, 0.5) is 0 Å². The van der Waals surface area contributed by atoms with Crippen LogP contribution in [0.3, 0.4) is 0 Å². The molecule has 0 saturated carbocycles. The molecule has 0 atom stereocenters. The molecule has 0 aliphatic carbocycles. The summed E-state index contributed by atoms with van der Waals surface area (Å²) in [4.78, 5) is 0. The lowest BCUT2D eigenvalue weighted by Crippen LogP contribution is -3.61. The topological polar surface area (TPSA) is 18.5 Å². The molecule has 4 aromatic carbocycles. The van der Waals surface area contributed by atoms with Crippen molar-refractivity contribution in [3.8, 4) is 23.0 Å². The van der Waals surface area contributed by atoms with Gasteiger partial charge < -0.3 is 9.47 Å². The molecule has 2 aliphatic heterocycles. The van der Waals surface area contributed by atoms with Gasteiger partial charge in [0.25, 0.3) is 0 Å². The lowest BCUT2D eigenvalue weighted by atomic mass is 9.96. The lowest BCUT2D eigenvalue weighted by Gasteiger charge is -2.22. The van der Waals surface area contributed by atoms with Gasteiger partial charge >= 0.3 is 21.2 Å². The zero-order valence-corrected chi connectivity index (χ0v) is 18.8. The van der Waals surface area contributed by atoms with Crippen molar-refractivity contribution in [3.63, 3.8) is 0 Å². The molecule has 2 nitrogen and oxygen atoms in total. The Hall–Kier alpha value is -3.31. The minimum absolute atomic E-state index is 0.374. The van der Waals surface area contributed by atoms with Gasteiger partial charge in [0.2, 0.25) is 0 Å². The van der Waals surface area contributed by atoms with Crippen LogP contribution in [0, 0.1) is 7.14 Å². The Labute approximate surface area is 191 Å². The summed E-state index contributed by atoms with van der Waals surface area (Å²) in [5.41, 5.74) is 6.32. The van der Waals surface area contributed by atoms with E-state index >= 15 is 0 Å². The summed E-state index contributed by atoms with van der Waals surface area (Å²) >= 11 is -0.374. The van der Waals surface area contributed by atoms with Crippen LogP contribution in [0.25, 0.3) is 11.1 Å². The van der Waals surface area contributed by atoms with E-state index in [4.69, 9.17) is 9.47 Å². The second-order valence-electron chi connectivity index (χ2n) is 7.53. The maximum absolute atomic E-state index is 6.10. The fourth-order valence-electron chi connectivity index (χ4n) is 4.03. The molecule has 0 saturated heterocycles. The Morgan fingerprint density at radius 3 is 1.39 bits per heavy atom. The fraction of sp³-hybridized carbons (Fsp3) is 0. The van der Waals surface area contributed by atoms with E-state index in [1.165, 1.54) is 7.14 Å². The predicted octanol–water partition coefficient (Wildman–Crippen LogP) is 4.15. The minimum atomic E-state index is -0.374. The van der Waals surface area contributed by atoms with Gasteiger partial charge in [-0.25, -0.2) is 0 Å². The van der Waals surface area contributed by atoms with Gasteiger partial charge in [0, 0.05) is 34.4 Å². The van der Waals surface area contributed by atoms with Crippen molar-refractivity contribution in [3.05, 3.63) is 127 Å². The monoisotopic (exact) mass is 513 g/mol.